The maximum atomic E-state index is 5.68. The van der Waals surface area contributed by atoms with Crippen molar-refractivity contribution in [3.8, 4) is 78.0 Å². The molecule has 1 unspecified atom stereocenters. The van der Waals surface area contributed by atoms with Crippen LogP contribution in [0.4, 0.5) is 0 Å². The van der Waals surface area contributed by atoms with E-state index in [0.717, 1.165) is 56.7 Å². The summed E-state index contributed by atoms with van der Waals surface area (Å²) in [6, 6.07) is 98.7. The highest BCUT2D eigenvalue weighted by Crippen LogP contribution is 2.65. The predicted molar refractivity (Wildman–Crippen MR) is 363 cm³/mol. The van der Waals surface area contributed by atoms with Gasteiger partial charge in [0, 0.05) is 36.5 Å². The van der Waals surface area contributed by atoms with Crippen molar-refractivity contribution < 1.29 is 0 Å². The smallest absolute Gasteiger partial charge is 0.0979 e. The Hall–Kier alpha value is -10.6. The SMILES string of the molecule is C1=CC2=C(CC1)c1ccccc1C21c2ccccc2-c2ccc(-c3ccc4c(c3)c3cc(-c5ccc6c(c5)C5(c7ccccc7-c7ccccc75)c5ccccc5-6)ccc3c3ncc(-c5cccc(-c6cccc7c6sc6ccccc67)c5)nc43)cc21. The molecule has 13 aromatic carbocycles. The lowest BCUT2D eigenvalue weighted by Gasteiger charge is -2.32. The molecule has 2 aromatic heterocycles. The number of aromatic nitrogens is 2. The fourth-order valence-electron chi connectivity index (χ4n) is 16.9. The number of fused-ring (bicyclic) bond motifs is 28. The number of benzene rings is 13. The van der Waals surface area contributed by atoms with Crippen LogP contribution in [0.15, 0.2) is 285 Å². The maximum Gasteiger partial charge on any atom is 0.0979 e. The molecule has 0 bridgehead atoms. The molecule has 0 saturated carbocycles. The Morgan fingerprint density at radius 1 is 0.322 bits per heavy atom. The van der Waals surface area contributed by atoms with Gasteiger partial charge in [-0.25, -0.2) is 4.98 Å². The Bertz CT molecular complexity index is 5610. The van der Waals surface area contributed by atoms with Crippen molar-refractivity contribution in [3.05, 3.63) is 329 Å². The zero-order valence-electron chi connectivity index (χ0n) is 47.3. The third-order valence-electron chi connectivity index (χ3n) is 20.4. The molecule has 0 aliphatic heterocycles. The lowest BCUT2D eigenvalue weighted by atomic mass is 9.69. The number of nitrogens with zero attached hydrogens (tertiary/aromatic N) is 2. The van der Waals surface area contributed by atoms with Crippen molar-refractivity contribution >= 4 is 69.7 Å². The molecule has 3 heteroatoms. The van der Waals surface area contributed by atoms with Crippen LogP contribution in [0.25, 0.3) is 136 Å². The first-order valence-corrected chi connectivity index (χ1v) is 31.3. The van der Waals surface area contributed by atoms with Crippen LogP contribution in [-0.2, 0) is 10.8 Å². The molecule has 20 rings (SSSR count). The quantitative estimate of drug-likeness (QED) is 0.164. The van der Waals surface area contributed by atoms with Gasteiger partial charge in [0.25, 0.3) is 0 Å². The van der Waals surface area contributed by atoms with Gasteiger partial charge in [0.15, 0.2) is 0 Å². The van der Waals surface area contributed by atoms with Crippen LogP contribution in [-0.4, -0.2) is 9.97 Å². The van der Waals surface area contributed by atoms with E-state index in [-0.39, 0.29) is 0 Å². The molecular formula is C84H50N2S. The average molecular weight is 1120 g/mol. The maximum absolute atomic E-state index is 5.68. The number of hydrogen-bond acceptors (Lipinski definition) is 3. The van der Waals surface area contributed by atoms with Gasteiger partial charge in [-0.1, -0.05) is 237 Å². The Labute approximate surface area is 507 Å². The van der Waals surface area contributed by atoms with Crippen LogP contribution >= 0.6 is 11.3 Å². The van der Waals surface area contributed by atoms with Gasteiger partial charge in [-0.3, -0.25) is 4.98 Å². The van der Waals surface area contributed by atoms with Crippen LogP contribution in [0.2, 0.25) is 0 Å². The van der Waals surface area contributed by atoms with Crippen molar-refractivity contribution in [1.29, 1.82) is 0 Å². The average Bonchev–Trinajstić information content (AvgIpc) is 1.55. The summed E-state index contributed by atoms with van der Waals surface area (Å²) in [4.78, 5) is 11.1. The molecule has 0 N–H and O–H groups in total. The van der Waals surface area contributed by atoms with E-state index in [1.54, 1.807) is 0 Å². The van der Waals surface area contributed by atoms with E-state index in [2.05, 4.69) is 273 Å². The second kappa shape index (κ2) is 17.5. The third-order valence-corrected chi connectivity index (χ3v) is 21.6. The van der Waals surface area contributed by atoms with Gasteiger partial charge in [-0.05, 0) is 182 Å². The van der Waals surface area contributed by atoms with E-state index in [4.69, 9.17) is 9.97 Å². The number of rotatable bonds is 4. The largest absolute Gasteiger partial charge is 0.252 e. The molecule has 1 atom stereocenters. The normalized spacial score (nSPS) is 16.0. The zero-order valence-corrected chi connectivity index (χ0v) is 48.1. The number of allylic oxidation sites excluding steroid dienone is 4. The van der Waals surface area contributed by atoms with Crippen LogP contribution in [0.1, 0.15) is 57.3 Å². The zero-order chi connectivity index (χ0) is 56.7. The van der Waals surface area contributed by atoms with Crippen LogP contribution < -0.4 is 0 Å². The lowest BCUT2D eigenvalue weighted by molar-refractivity contribution is 0.781. The standard InChI is InChI=1S/C84H50N2S/c1-8-28-70-56(19-1)57-20-2-9-29-71(57)83(70)74-32-12-5-23-60(74)62-39-35-51(46-76(62)83)49-37-41-65-68(44-49)69-45-50(52-36-40-63-61-24-6-13-33-75(61)84(77(63)47-52)72-30-10-3-21-58(72)59-22-4-11-31-73(59)84)38-42-66(69)81-80(65)85-48-78(86-81)54-18-15-17-53(43-54)55-26-16-27-67-64-25-7-14-34-79(64)87-82(55)67/h1-3,5-21,23-48H,4,22H2. The fourth-order valence-corrected chi connectivity index (χ4v) is 18.1. The molecular weight excluding hydrogens is 1070 g/mol. The summed E-state index contributed by atoms with van der Waals surface area (Å²) in [5.41, 5.74) is 31.7. The van der Waals surface area contributed by atoms with E-state index < -0.39 is 10.8 Å². The third kappa shape index (κ3) is 6.23. The first kappa shape index (κ1) is 47.7. The van der Waals surface area contributed by atoms with Crippen molar-refractivity contribution in [2.75, 3.05) is 0 Å². The van der Waals surface area contributed by atoms with Gasteiger partial charge in [-0.15, -0.1) is 11.3 Å². The molecule has 2 nitrogen and oxygen atoms in total. The van der Waals surface area contributed by atoms with E-state index in [1.165, 1.54) is 143 Å². The minimum atomic E-state index is -0.440. The molecule has 0 amide bonds. The molecule has 15 aromatic rings. The summed E-state index contributed by atoms with van der Waals surface area (Å²) < 4.78 is 2.60. The predicted octanol–water partition coefficient (Wildman–Crippen LogP) is 21.7. The van der Waals surface area contributed by atoms with Crippen LogP contribution in [0, 0.1) is 0 Å². The Morgan fingerprint density at radius 3 is 1.46 bits per heavy atom. The summed E-state index contributed by atoms with van der Waals surface area (Å²) in [5, 5.41) is 7.07. The number of thiophene rings is 1. The van der Waals surface area contributed by atoms with Gasteiger partial charge in [0.2, 0.25) is 0 Å². The van der Waals surface area contributed by atoms with Crippen molar-refractivity contribution in [2.45, 2.75) is 23.7 Å². The highest BCUT2D eigenvalue weighted by molar-refractivity contribution is 7.26. The molecule has 2 spiro atoms. The highest BCUT2D eigenvalue weighted by Gasteiger charge is 2.53. The molecule has 0 fully saturated rings. The topological polar surface area (TPSA) is 25.8 Å². The summed E-state index contributed by atoms with van der Waals surface area (Å²) in [7, 11) is 0. The van der Waals surface area contributed by atoms with Crippen molar-refractivity contribution in [2.24, 2.45) is 0 Å². The highest BCUT2D eigenvalue weighted by atomic mass is 32.1. The van der Waals surface area contributed by atoms with Gasteiger partial charge in [-0.2, -0.15) is 0 Å². The van der Waals surface area contributed by atoms with Gasteiger partial charge in [0.1, 0.15) is 0 Å². The van der Waals surface area contributed by atoms with E-state index in [0.29, 0.717) is 0 Å². The molecule has 402 valence electrons. The van der Waals surface area contributed by atoms with Crippen LogP contribution in [0.3, 0.4) is 0 Å². The molecule has 0 radical (unpaired) electrons. The Morgan fingerprint density at radius 2 is 0.805 bits per heavy atom. The summed E-state index contributed by atoms with van der Waals surface area (Å²) in [5.74, 6) is 0. The summed E-state index contributed by atoms with van der Waals surface area (Å²) >= 11 is 1.87. The second-order valence-electron chi connectivity index (χ2n) is 24.4. The van der Waals surface area contributed by atoms with Crippen molar-refractivity contribution in [1.82, 2.24) is 9.97 Å². The lowest BCUT2D eigenvalue weighted by Crippen LogP contribution is -2.27. The number of hydrogen-bond donors (Lipinski definition) is 0. The van der Waals surface area contributed by atoms with E-state index in [1.807, 2.05) is 17.5 Å². The molecule has 2 heterocycles. The van der Waals surface area contributed by atoms with Gasteiger partial charge in [0.05, 0.1) is 33.8 Å². The van der Waals surface area contributed by atoms with E-state index in [9.17, 15) is 0 Å². The first-order valence-electron chi connectivity index (χ1n) is 30.5. The molecule has 5 aliphatic carbocycles. The summed E-state index contributed by atoms with van der Waals surface area (Å²) in [6.07, 6.45) is 8.95. The monoisotopic (exact) mass is 1120 g/mol. The van der Waals surface area contributed by atoms with Crippen LogP contribution in [0.5, 0.6) is 0 Å². The molecule has 0 saturated heterocycles. The van der Waals surface area contributed by atoms with E-state index >= 15 is 0 Å². The second-order valence-corrected chi connectivity index (χ2v) is 25.5. The summed E-state index contributed by atoms with van der Waals surface area (Å²) in [6.45, 7) is 0. The van der Waals surface area contributed by atoms with Gasteiger partial charge >= 0.3 is 0 Å². The Kier molecular flexibility index (Phi) is 9.61. The first-order chi connectivity index (χ1) is 43.1. The molecule has 87 heavy (non-hydrogen) atoms. The van der Waals surface area contributed by atoms with Crippen molar-refractivity contribution in [3.63, 3.8) is 0 Å². The fraction of sp³-hybridized carbons (Fsp3) is 0.0476. The minimum absolute atomic E-state index is 0.397. The van der Waals surface area contributed by atoms with Gasteiger partial charge < -0.3 is 0 Å². The molecule has 5 aliphatic rings. The Balaban J connectivity index is 0.796. The minimum Gasteiger partial charge on any atom is -0.252 e.